The van der Waals surface area contributed by atoms with Crippen LogP contribution in [0.1, 0.15) is 50.6 Å². The Morgan fingerprint density at radius 3 is 2.45 bits per heavy atom. The molecule has 0 bridgehead atoms. The Morgan fingerprint density at radius 1 is 1.11 bits per heavy atom. The summed E-state index contributed by atoms with van der Waals surface area (Å²) in [7, 11) is -3.83. The van der Waals surface area contributed by atoms with Gasteiger partial charge in [0.05, 0.1) is 22.5 Å². The lowest BCUT2D eigenvalue weighted by Gasteiger charge is -2.38. The molecule has 2 aromatic rings. The lowest BCUT2D eigenvalue weighted by Crippen LogP contribution is -2.48. The van der Waals surface area contributed by atoms with Crippen LogP contribution in [-0.2, 0) is 25.7 Å². The fraction of sp³-hybridized carbons (Fsp3) is 0.538. The Balaban J connectivity index is 1.47. The minimum absolute atomic E-state index is 0.0449. The zero-order chi connectivity index (χ0) is 27.2. The fourth-order valence-electron chi connectivity index (χ4n) is 4.60. The maximum Gasteiger partial charge on any atom is 0.389 e. The van der Waals surface area contributed by atoms with Crippen LogP contribution in [0.4, 0.5) is 13.2 Å². The van der Waals surface area contributed by atoms with Crippen LogP contribution in [0.5, 0.6) is 0 Å². The highest BCUT2D eigenvalue weighted by atomic mass is 32.2. The Kier molecular flexibility index (Phi) is 9.38. The maximum atomic E-state index is 14.0. The molecule has 1 N–H and O–H groups in total. The molecule has 38 heavy (non-hydrogen) atoms. The van der Waals surface area contributed by atoms with Gasteiger partial charge in [0.15, 0.2) is 9.84 Å². The molecule has 2 fully saturated rings. The largest absolute Gasteiger partial charge is 0.389 e. The van der Waals surface area contributed by atoms with Crippen molar-refractivity contribution in [1.82, 2.24) is 14.7 Å². The van der Waals surface area contributed by atoms with E-state index < -0.39 is 27.2 Å². The van der Waals surface area contributed by atoms with Gasteiger partial charge in [0.25, 0.3) is 0 Å². The highest BCUT2D eigenvalue weighted by molar-refractivity contribution is 7.98. The topological polar surface area (TPSA) is 90.4 Å². The molecule has 12 heteroatoms. The minimum atomic E-state index is -4.19. The molecule has 2 aliphatic heterocycles. The van der Waals surface area contributed by atoms with Gasteiger partial charge in [-0.15, -0.1) is 0 Å². The van der Waals surface area contributed by atoms with Gasteiger partial charge < -0.3 is 14.2 Å². The van der Waals surface area contributed by atoms with Crippen molar-refractivity contribution in [2.45, 2.75) is 72.6 Å². The Morgan fingerprint density at radius 2 is 1.84 bits per heavy atom. The summed E-state index contributed by atoms with van der Waals surface area (Å²) in [6, 6.07) is 6.42. The van der Waals surface area contributed by atoms with Crippen LogP contribution >= 0.6 is 11.9 Å². The molecular weight excluding hydrogens is 539 g/mol. The lowest BCUT2D eigenvalue weighted by atomic mass is 9.96. The Bertz CT molecular complexity index is 1180. The van der Waals surface area contributed by atoms with Gasteiger partial charge in [-0.1, -0.05) is 18.7 Å². The molecule has 1 unspecified atom stereocenters. The van der Waals surface area contributed by atoms with Gasteiger partial charge >= 0.3 is 6.18 Å². The molecule has 208 valence electrons. The van der Waals surface area contributed by atoms with Crippen LogP contribution in [0, 0.1) is 0 Å². The number of aromatic nitrogens is 2. The average Bonchev–Trinajstić information content (AvgIpc) is 2.92. The predicted molar refractivity (Wildman–Crippen MR) is 140 cm³/mol. The number of alkyl halides is 3. The quantitative estimate of drug-likeness (QED) is 0.367. The molecule has 4 rings (SSSR count). The second-order valence-corrected chi connectivity index (χ2v) is 12.7. The SMILES string of the molecule is C=C(NSC1CCCCO1)C1(S(=O)(=O)c2ccc(-c3cnc(CCCC(F)(F)F)cn3)cc2)CCOCC1. The van der Waals surface area contributed by atoms with Gasteiger partial charge in [-0.3, -0.25) is 9.97 Å². The summed E-state index contributed by atoms with van der Waals surface area (Å²) in [5, 5.41) is 0. The molecule has 0 aliphatic carbocycles. The van der Waals surface area contributed by atoms with E-state index in [2.05, 4.69) is 21.3 Å². The van der Waals surface area contributed by atoms with Crippen LogP contribution in [-0.4, -0.2) is 54.6 Å². The van der Waals surface area contributed by atoms with Crippen molar-refractivity contribution in [3.8, 4) is 11.3 Å². The van der Waals surface area contributed by atoms with Crippen molar-refractivity contribution in [2.24, 2.45) is 0 Å². The first-order chi connectivity index (χ1) is 18.1. The van der Waals surface area contributed by atoms with E-state index in [-0.39, 0.29) is 36.0 Å². The molecule has 1 aromatic heterocycles. The van der Waals surface area contributed by atoms with Crippen LogP contribution in [0.2, 0.25) is 0 Å². The van der Waals surface area contributed by atoms with Gasteiger partial charge in [-0.2, -0.15) is 13.2 Å². The monoisotopic (exact) mass is 571 g/mol. The van der Waals surface area contributed by atoms with Crippen molar-refractivity contribution < 1.29 is 31.1 Å². The smallest absolute Gasteiger partial charge is 0.381 e. The summed E-state index contributed by atoms with van der Waals surface area (Å²) in [6.45, 7) is 5.45. The number of rotatable bonds is 10. The highest BCUT2D eigenvalue weighted by Crippen LogP contribution is 2.40. The molecule has 1 atom stereocenters. The number of ether oxygens (including phenoxy) is 2. The summed E-state index contributed by atoms with van der Waals surface area (Å²) in [4.78, 5) is 8.69. The Hall–Kier alpha value is -2.15. The van der Waals surface area contributed by atoms with E-state index in [1.54, 1.807) is 24.3 Å². The zero-order valence-electron chi connectivity index (χ0n) is 21.0. The Labute approximate surface area is 225 Å². The van der Waals surface area contributed by atoms with Crippen LogP contribution in [0.15, 0.2) is 53.8 Å². The van der Waals surface area contributed by atoms with Gasteiger partial charge in [0.1, 0.15) is 10.2 Å². The van der Waals surface area contributed by atoms with Gasteiger partial charge in [0.2, 0.25) is 0 Å². The molecule has 0 amide bonds. The fourth-order valence-corrected chi connectivity index (χ4v) is 7.61. The number of nitrogens with zero attached hydrogens (tertiary/aromatic N) is 2. The van der Waals surface area contributed by atoms with Crippen LogP contribution < -0.4 is 4.72 Å². The molecule has 0 spiro atoms. The summed E-state index contributed by atoms with van der Waals surface area (Å²) < 4.78 is 78.2. The summed E-state index contributed by atoms with van der Waals surface area (Å²) in [5.74, 6) is 0. The van der Waals surface area contributed by atoms with E-state index in [9.17, 15) is 21.6 Å². The number of benzene rings is 1. The molecule has 0 radical (unpaired) electrons. The third-order valence-corrected chi connectivity index (χ3v) is 10.5. The number of aryl methyl sites for hydroxylation is 1. The first-order valence-corrected chi connectivity index (χ1v) is 15.0. The molecular formula is C26H32F3N3O4S2. The average molecular weight is 572 g/mol. The molecule has 0 saturated carbocycles. The van der Waals surface area contributed by atoms with Gasteiger partial charge in [0, 0.05) is 43.7 Å². The van der Waals surface area contributed by atoms with Gasteiger partial charge in [-0.05, 0) is 69.0 Å². The first kappa shape index (κ1) is 28.8. The first-order valence-electron chi connectivity index (χ1n) is 12.6. The second-order valence-electron chi connectivity index (χ2n) is 9.49. The van der Waals surface area contributed by atoms with Crippen LogP contribution in [0.3, 0.4) is 0 Å². The normalized spacial score (nSPS) is 20.1. The van der Waals surface area contributed by atoms with E-state index in [1.165, 1.54) is 24.3 Å². The van der Waals surface area contributed by atoms with Crippen molar-refractivity contribution in [3.63, 3.8) is 0 Å². The third kappa shape index (κ3) is 6.88. The van der Waals surface area contributed by atoms with Crippen molar-refractivity contribution in [1.29, 1.82) is 0 Å². The molecule has 7 nitrogen and oxygen atoms in total. The number of nitrogens with one attached hydrogen (secondary N) is 1. The zero-order valence-corrected chi connectivity index (χ0v) is 22.6. The number of sulfone groups is 1. The van der Waals surface area contributed by atoms with E-state index in [4.69, 9.17) is 9.47 Å². The molecule has 2 aliphatic rings. The molecule has 2 saturated heterocycles. The van der Waals surface area contributed by atoms with Crippen molar-refractivity contribution in [3.05, 3.63) is 54.6 Å². The number of halogens is 3. The standard InChI is InChI=1S/C26H32F3N3O4S2/c1-19(32-37-24-6-2-3-14-36-24)25(12-15-35-16-13-25)38(33,34)22-9-7-20(8-10-22)23-18-30-21(17-31-23)5-4-11-26(27,28)29/h7-10,17-18,24,32H,1-6,11-16H2. The third-order valence-electron chi connectivity index (χ3n) is 6.88. The lowest BCUT2D eigenvalue weighted by molar-refractivity contribution is -0.135. The number of hydrogen-bond acceptors (Lipinski definition) is 8. The summed E-state index contributed by atoms with van der Waals surface area (Å²) in [6.07, 6.45) is 1.58. The van der Waals surface area contributed by atoms with E-state index >= 15 is 0 Å². The number of hydrogen-bond donors (Lipinski definition) is 1. The maximum absolute atomic E-state index is 14.0. The van der Waals surface area contributed by atoms with E-state index in [0.717, 1.165) is 19.3 Å². The highest BCUT2D eigenvalue weighted by Gasteiger charge is 2.48. The summed E-state index contributed by atoms with van der Waals surface area (Å²) in [5.41, 5.74) is 2.01. The predicted octanol–water partition coefficient (Wildman–Crippen LogP) is 5.63. The van der Waals surface area contributed by atoms with Crippen molar-refractivity contribution in [2.75, 3.05) is 19.8 Å². The molecule has 1 aromatic carbocycles. The van der Waals surface area contributed by atoms with Crippen molar-refractivity contribution >= 4 is 21.8 Å². The second kappa shape index (κ2) is 12.4. The minimum Gasteiger partial charge on any atom is -0.381 e. The van der Waals surface area contributed by atoms with E-state index in [0.29, 0.717) is 42.5 Å². The molecule has 3 heterocycles. The van der Waals surface area contributed by atoms with E-state index in [1.807, 2.05) is 0 Å². The van der Waals surface area contributed by atoms with Gasteiger partial charge in [-0.25, -0.2) is 8.42 Å². The van der Waals surface area contributed by atoms with Crippen LogP contribution in [0.25, 0.3) is 11.3 Å². The summed E-state index contributed by atoms with van der Waals surface area (Å²) >= 11 is 1.37.